The molecular weight excluding hydrogens is 344 g/mol. The Morgan fingerprint density at radius 3 is 2.67 bits per heavy atom. The summed E-state index contributed by atoms with van der Waals surface area (Å²) in [7, 11) is 3.33. The molecule has 1 fully saturated rings. The zero-order valence-electron chi connectivity index (χ0n) is 15.4. The van der Waals surface area contributed by atoms with E-state index in [1.54, 1.807) is 14.2 Å². The molecule has 2 heterocycles. The van der Waals surface area contributed by atoms with Crippen molar-refractivity contribution in [3.63, 3.8) is 0 Å². The van der Waals surface area contributed by atoms with Crippen LogP contribution in [0.4, 0.5) is 5.69 Å². The number of benzene rings is 2. The van der Waals surface area contributed by atoms with E-state index in [1.807, 2.05) is 59.4 Å². The fourth-order valence-corrected chi connectivity index (χ4v) is 3.21. The molecule has 1 atom stereocenters. The van der Waals surface area contributed by atoms with Gasteiger partial charge in [-0.2, -0.15) is 0 Å². The van der Waals surface area contributed by atoms with Gasteiger partial charge in [0.15, 0.2) is 6.23 Å². The summed E-state index contributed by atoms with van der Waals surface area (Å²) in [6.45, 7) is 2.08. The molecule has 7 heteroatoms. The number of hydrogen-bond acceptors (Lipinski definition) is 6. The smallest absolute Gasteiger partial charge is 0.177 e. The van der Waals surface area contributed by atoms with Crippen molar-refractivity contribution < 1.29 is 14.2 Å². The predicted molar refractivity (Wildman–Crippen MR) is 101 cm³/mol. The first-order chi connectivity index (χ1) is 13.3. The van der Waals surface area contributed by atoms with Gasteiger partial charge in [0.1, 0.15) is 17.2 Å². The Morgan fingerprint density at radius 1 is 1.07 bits per heavy atom. The van der Waals surface area contributed by atoms with Crippen LogP contribution in [-0.4, -0.2) is 42.4 Å². The molecule has 0 unspecified atom stereocenters. The van der Waals surface area contributed by atoms with Crippen LogP contribution in [0.25, 0.3) is 0 Å². The van der Waals surface area contributed by atoms with Gasteiger partial charge in [0, 0.05) is 12.2 Å². The molecule has 1 aromatic heterocycles. The van der Waals surface area contributed by atoms with Gasteiger partial charge in [0.2, 0.25) is 0 Å². The van der Waals surface area contributed by atoms with Crippen molar-refractivity contribution in [2.75, 3.05) is 32.3 Å². The zero-order valence-corrected chi connectivity index (χ0v) is 15.4. The molecular formula is C20H22N4O3. The van der Waals surface area contributed by atoms with Crippen LogP contribution >= 0.6 is 0 Å². The first-order valence-electron chi connectivity index (χ1n) is 8.82. The lowest BCUT2D eigenvalue weighted by Crippen LogP contribution is -2.23. The van der Waals surface area contributed by atoms with Gasteiger partial charge in [-0.05, 0) is 42.0 Å². The lowest BCUT2D eigenvalue weighted by Gasteiger charge is -2.23. The van der Waals surface area contributed by atoms with E-state index in [9.17, 15) is 0 Å². The van der Waals surface area contributed by atoms with Crippen molar-refractivity contribution in [3.8, 4) is 11.5 Å². The molecule has 7 nitrogen and oxygen atoms in total. The van der Waals surface area contributed by atoms with Crippen LogP contribution in [0.2, 0.25) is 0 Å². The minimum Gasteiger partial charge on any atom is -0.497 e. The van der Waals surface area contributed by atoms with Crippen molar-refractivity contribution in [3.05, 3.63) is 66.0 Å². The summed E-state index contributed by atoms with van der Waals surface area (Å²) in [6.07, 6.45) is 1.70. The Balaban J connectivity index is 1.51. The zero-order chi connectivity index (χ0) is 18.6. The Labute approximate surface area is 158 Å². The lowest BCUT2D eigenvalue weighted by molar-refractivity contribution is 0.110. The van der Waals surface area contributed by atoms with E-state index in [4.69, 9.17) is 14.2 Å². The van der Waals surface area contributed by atoms with Crippen LogP contribution in [-0.2, 0) is 11.3 Å². The average molecular weight is 366 g/mol. The van der Waals surface area contributed by atoms with Crippen LogP contribution in [0.15, 0.2) is 54.7 Å². The van der Waals surface area contributed by atoms with E-state index in [2.05, 4.69) is 15.2 Å². The Morgan fingerprint density at radius 2 is 1.89 bits per heavy atom. The Kier molecular flexibility index (Phi) is 4.93. The molecule has 0 saturated carbocycles. The standard InChI is InChI=1S/C20H22N4O3/c1-25-17-8-6-16(7-9-17)24-10-11-27-20(24)19-14-23(22-21-19)13-15-4-3-5-18(12-15)26-2/h3-9,12,14,20H,10-11,13H2,1-2H3/t20-/m0/s1. The summed E-state index contributed by atoms with van der Waals surface area (Å²) < 4.78 is 18.3. The molecule has 2 aromatic carbocycles. The molecule has 27 heavy (non-hydrogen) atoms. The largest absolute Gasteiger partial charge is 0.497 e. The highest BCUT2D eigenvalue weighted by Gasteiger charge is 2.29. The van der Waals surface area contributed by atoms with Crippen LogP contribution < -0.4 is 14.4 Å². The van der Waals surface area contributed by atoms with Crippen molar-refractivity contribution in [1.29, 1.82) is 0 Å². The van der Waals surface area contributed by atoms with E-state index in [-0.39, 0.29) is 6.23 Å². The average Bonchev–Trinajstić information content (AvgIpc) is 3.37. The number of nitrogens with zero attached hydrogens (tertiary/aromatic N) is 4. The van der Waals surface area contributed by atoms with Gasteiger partial charge in [0.25, 0.3) is 0 Å². The third kappa shape index (κ3) is 3.73. The summed E-state index contributed by atoms with van der Waals surface area (Å²) >= 11 is 0. The highest BCUT2D eigenvalue weighted by Crippen LogP contribution is 2.32. The van der Waals surface area contributed by atoms with Gasteiger partial charge in [-0.1, -0.05) is 17.3 Å². The molecule has 0 bridgehead atoms. The van der Waals surface area contributed by atoms with Crippen molar-refractivity contribution in [2.24, 2.45) is 0 Å². The number of methoxy groups -OCH3 is 2. The molecule has 4 rings (SSSR count). The van der Waals surface area contributed by atoms with Crippen LogP contribution in [0.5, 0.6) is 11.5 Å². The van der Waals surface area contributed by atoms with Crippen LogP contribution in [0, 0.1) is 0 Å². The van der Waals surface area contributed by atoms with E-state index in [1.165, 1.54) is 0 Å². The fraction of sp³-hybridized carbons (Fsp3) is 0.300. The van der Waals surface area contributed by atoms with E-state index in [0.29, 0.717) is 13.2 Å². The second-order valence-electron chi connectivity index (χ2n) is 6.31. The molecule has 0 amide bonds. The van der Waals surface area contributed by atoms with Crippen molar-refractivity contribution in [1.82, 2.24) is 15.0 Å². The summed E-state index contributed by atoms with van der Waals surface area (Å²) in [6, 6.07) is 15.9. The molecule has 0 radical (unpaired) electrons. The summed E-state index contributed by atoms with van der Waals surface area (Å²) in [4.78, 5) is 2.18. The minimum atomic E-state index is -0.238. The monoisotopic (exact) mass is 366 g/mol. The fourth-order valence-electron chi connectivity index (χ4n) is 3.21. The van der Waals surface area contributed by atoms with Gasteiger partial charge in [0.05, 0.1) is 33.6 Å². The van der Waals surface area contributed by atoms with Crippen molar-refractivity contribution in [2.45, 2.75) is 12.8 Å². The highest BCUT2D eigenvalue weighted by atomic mass is 16.5. The maximum atomic E-state index is 5.92. The number of rotatable bonds is 6. The molecule has 140 valence electrons. The molecule has 0 spiro atoms. The first kappa shape index (κ1) is 17.4. The van der Waals surface area contributed by atoms with E-state index in [0.717, 1.165) is 35.0 Å². The minimum absolute atomic E-state index is 0.238. The van der Waals surface area contributed by atoms with Gasteiger partial charge >= 0.3 is 0 Å². The summed E-state index contributed by atoms with van der Waals surface area (Å²) in [5.74, 6) is 1.66. The van der Waals surface area contributed by atoms with Crippen molar-refractivity contribution >= 4 is 5.69 Å². The van der Waals surface area contributed by atoms with Crippen LogP contribution in [0.3, 0.4) is 0 Å². The number of ether oxygens (including phenoxy) is 3. The summed E-state index contributed by atoms with van der Waals surface area (Å²) in [5.41, 5.74) is 2.97. The van der Waals surface area contributed by atoms with Gasteiger partial charge in [-0.15, -0.1) is 5.10 Å². The topological polar surface area (TPSA) is 61.6 Å². The highest BCUT2D eigenvalue weighted by molar-refractivity contribution is 5.50. The normalized spacial score (nSPS) is 16.5. The van der Waals surface area contributed by atoms with Gasteiger partial charge in [-0.25, -0.2) is 4.68 Å². The third-order valence-electron chi connectivity index (χ3n) is 4.58. The third-order valence-corrected chi connectivity index (χ3v) is 4.58. The second-order valence-corrected chi connectivity index (χ2v) is 6.31. The van der Waals surface area contributed by atoms with E-state index >= 15 is 0 Å². The molecule has 0 N–H and O–H groups in total. The Bertz CT molecular complexity index is 894. The van der Waals surface area contributed by atoms with E-state index < -0.39 is 0 Å². The first-order valence-corrected chi connectivity index (χ1v) is 8.82. The number of hydrogen-bond donors (Lipinski definition) is 0. The molecule has 1 aliphatic heterocycles. The second kappa shape index (κ2) is 7.67. The Hall–Kier alpha value is -3.06. The van der Waals surface area contributed by atoms with Gasteiger partial charge in [-0.3, -0.25) is 0 Å². The van der Waals surface area contributed by atoms with Gasteiger partial charge < -0.3 is 19.1 Å². The van der Waals surface area contributed by atoms with Crippen LogP contribution in [0.1, 0.15) is 17.5 Å². The molecule has 1 aliphatic rings. The SMILES string of the molecule is COc1ccc(N2CCO[C@H]2c2cn(Cc3cccc(OC)c3)nn2)cc1. The number of aromatic nitrogens is 3. The predicted octanol–water partition coefficient (Wildman–Crippen LogP) is 2.88. The number of anilines is 1. The quantitative estimate of drug-likeness (QED) is 0.669. The molecule has 1 saturated heterocycles. The summed E-state index contributed by atoms with van der Waals surface area (Å²) in [5, 5.41) is 8.60. The molecule has 0 aliphatic carbocycles. The lowest BCUT2D eigenvalue weighted by atomic mass is 10.2. The maximum absolute atomic E-state index is 5.92. The molecule has 3 aromatic rings. The maximum Gasteiger partial charge on any atom is 0.177 e.